The molecule has 0 aliphatic heterocycles. The monoisotopic (exact) mass is 366 g/mol. The smallest absolute Gasteiger partial charge is 0.126 e. The fourth-order valence-electron chi connectivity index (χ4n) is 3.35. The molecule has 0 fully saturated rings. The van der Waals surface area contributed by atoms with E-state index >= 15 is 0 Å². The van der Waals surface area contributed by atoms with Crippen molar-refractivity contribution in [1.29, 1.82) is 0 Å². The third kappa shape index (κ3) is 3.06. The average Bonchev–Trinajstić information content (AvgIpc) is 2.74. The molecule has 3 rings (SSSR count). The van der Waals surface area contributed by atoms with E-state index < -0.39 is 16.1 Å². The Bertz CT molecular complexity index is 880. The molecule has 0 nitrogen and oxygen atoms in total. The van der Waals surface area contributed by atoms with E-state index in [9.17, 15) is 0 Å². The third-order valence-corrected chi connectivity index (χ3v) is 12.4. The molecule has 0 bridgehead atoms. The van der Waals surface area contributed by atoms with E-state index in [2.05, 4.69) is 97.0 Å². The molecule has 2 unspecified atom stereocenters. The molecular formula is C24H22Si2. The van der Waals surface area contributed by atoms with E-state index in [1.807, 2.05) is 12.1 Å². The van der Waals surface area contributed by atoms with Crippen molar-refractivity contribution in [3.05, 3.63) is 84.9 Å². The number of hydrogen-bond donors (Lipinski definition) is 0. The quantitative estimate of drug-likeness (QED) is 0.491. The van der Waals surface area contributed by atoms with Crippen LogP contribution in [-0.4, -0.2) is 16.1 Å². The Balaban J connectivity index is 2.04. The minimum absolute atomic E-state index is 1.25. The van der Waals surface area contributed by atoms with Crippen molar-refractivity contribution >= 4 is 36.9 Å². The summed E-state index contributed by atoms with van der Waals surface area (Å²) in [6.45, 7) is 4.46. The van der Waals surface area contributed by atoms with E-state index in [4.69, 9.17) is 12.8 Å². The second-order valence-corrected chi connectivity index (χ2v) is 14.2. The molecule has 0 radical (unpaired) electrons. The zero-order valence-corrected chi connectivity index (χ0v) is 17.2. The summed E-state index contributed by atoms with van der Waals surface area (Å²) < 4.78 is 0. The van der Waals surface area contributed by atoms with E-state index in [0.717, 1.165) is 0 Å². The zero-order valence-electron chi connectivity index (χ0n) is 15.2. The average molecular weight is 367 g/mol. The lowest BCUT2D eigenvalue weighted by Gasteiger charge is -2.25. The molecule has 3 aromatic rings. The topological polar surface area (TPSA) is 0 Å². The molecule has 0 aliphatic carbocycles. The van der Waals surface area contributed by atoms with Gasteiger partial charge in [-0.15, -0.1) is 23.9 Å². The number of terminal acetylenes is 2. The molecule has 0 N–H and O–H groups in total. The highest BCUT2D eigenvalue weighted by atomic mass is 28.3. The number of rotatable bonds is 4. The maximum absolute atomic E-state index is 6.00. The lowest BCUT2D eigenvalue weighted by molar-refractivity contribution is 1.70. The van der Waals surface area contributed by atoms with Crippen molar-refractivity contribution in [2.45, 2.75) is 13.1 Å². The van der Waals surface area contributed by atoms with Crippen LogP contribution in [0.4, 0.5) is 0 Å². The highest BCUT2D eigenvalue weighted by molar-refractivity contribution is 7.08. The van der Waals surface area contributed by atoms with Crippen LogP contribution in [-0.2, 0) is 0 Å². The van der Waals surface area contributed by atoms with Crippen LogP contribution in [0.25, 0.3) is 0 Å². The summed E-state index contributed by atoms with van der Waals surface area (Å²) in [5, 5.41) is 5.01. The molecule has 0 amide bonds. The lowest BCUT2D eigenvalue weighted by atomic mass is 10.3. The Morgan fingerprint density at radius 3 is 1.04 bits per heavy atom. The number of hydrogen-bond acceptors (Lipinski definition) is 0. The molecule has 26 heavy (non-hydrogen) atoms. The van der Waals surface area contributed by atoms with Crippen LogP contribution in [0.3, 0.4) is 0 Å². The maximum atomic E-state index is 6.00. The molecule has 0 spiro atoms. The molecule has 0 saturated heterocycles. The van der Waals surface area contributed by atoms with Crippen LogP contribution in [0, 0.1) is 23.9 Å². The van der Waals surface area contributed by atoms with Gasteiger partial charge in [-0.2, -0.15) is 0 Å². The predicted octanol–water partition coefficient (Wildman–Crippen LogP) is 2.42. The van der Waals surface area contributed by atoms with Gasteiger partial charge in [-0.25, -0.2) is 0 Å². The van der Waals surface area contributed by atoms with E-state index in [1.165, 1.54) is 20.7 Å². The van der Waals surface area contributed by atoms with Crippen molar-refractivity contribution in [2.75, 3.05) is 0 Å². The van der Waals surface area contributed by atoms with Gasteiger partial charge < -0.3 is 0 Å². The highest BCUT2D eigenvalue weighted by Gasteiger charge is 2.33. The summed E-state index contributed by atoms with van der Waals surface area (Å²) in [7, 11) is -4.31. The second kappa shape index (κ2) is 7.22. The molecule has 126 valence electrons. The Kier molecular flexibility index (Phi) is 5.00. The van der Waals surface area contributed by atoms with Gasteiger partial charge in [-0.1, -0.05) is 98.0 Å². The van der Waals surface area contributed by atoms with Gasteiger partial charge in [0.05, 0.1) is 0 Å². The Morgan fingerprint density at radius 2 is 0.769 bits per heavy atom. The van der Waals surface area contributed by atoms with Gasteiger partial charge in [0.2, 0.25) is 0 Å². The van der Waals surface area contributed by atoms with Gasteiger partial charge in [0.1, 0.15) is 0 Å². The van der Waals surface area contributed by atoms with Crippen molar-refractivity contribution in [3.63, 3.8) is 0 Å². The van der Waals surface area contributed by atoms with E-state index in [-0.39, 0.29) is 0 Å². The largest absolute Gasteiger partial charge is 0.195 e. The van der Waals surface area contributed by atoms with Crippen LogP contribution in [0.5, 0.6) is 0 Å². The normalized spacial score (nSPS) is 15.1. The molecule has 0 heterocycles. The summed E-state index contributed by atoms with van der Waals surface area (Å²) in [6.07, 6.45) is 12.0. The number of benzene rings is 3. The van der Waals surface area contributed by atoms with Gasteiger partial charge in [-0.05, 0) is 20.7 Å². The maximum Gasteiger partial charge on any atom is 0.195 e. The summed E-state index contributed by atoms with van der Waals surface area (Å²) in [5.74, 6) is 0. The zero-order chi connectivity index (χ0) is 18.6. The predicted molar refractivity (Wildman–Crippen MR) is 119 cm³/mol. The molecule has 0 saturated carbocycles. The molecule has 2 atom stereocenters. The summed E-state index contributed by atoms with van der Waals surface area (Å²) >= 11 is 0. The van der Waals surface area contributed by atoms with Crippen LogP contribution >= 0.6 is 0 Å². The first kappa shape index (κ1) is 18.0. The van der Waals surface area contributed by atoms with Crippen molar-refractivity contribution in [2.24, 2.45) is 0 Å². The van der Waals surface area contributed by atoms with Gasteiger partial charge in [0.15, 0.2) is 16.1 Å². The SMILES string of the molecule is C#C[Si](C)(c1ccccc1)c1ccc([Si](C)(C#C)c2ccccc2)cc1. The summed E-state index contributed by atoms with van der Waals surface area (Å²) in [5.41, 5.74) is 6.25. The second-order valence-electron chi connectivity index (χ2n) is 6.85. The molecular weight excluding hydrogens is 344 g/mol. The minimum Gasteiger partial charge on any atom is -0.126 e. The molecule has 2 heteroatoms. The molecule has 0 aliphatic rings. The first-order chi connectivity index (χ1) is 12.5. The van der Waals surface area contributed by atoms with Crippen molar-refractivity contribution < 1.29 is 0 Å². The Labute approximate surface area is 158 Å². The summed E-state index contributed by atoms with van der Waals surface area (Å²) in [4.78, 5) is 0. The van der Waals surface area contributed by atoms with Crippen molar-refractivity contribution in [3.8, 4) is 23.9 Å². The van der Waals surface area contributed by atoms with Crippen LogP contribution in [0.1, 0.15) is 0 Å². The fraction of sp³-hybridized carbons (Fsp3) is 0.0833. The van der Waals surface area contributed by atoms with E-state index in [0.29, 0.717) is 0 Å². The third-order valence-electron chi connectivity index (χ3n) is 5.32. The lowest BCUT2D eigenvalue weighted by Crippen LogP contribution is -2.57. The first-order valence-corrected chi connectivity index (χ1v) is 13.7. The highest BCUT2D eigenvalue weighted by Crippen LogP contribution is 2.07. The van der Waals surface area contributed by atoms with Gasteiger partial charge >= 0.3 is 0 Å². The van der Waals surface area contributed by atoms with Gasteiger partial charge in [0.25, 0.3) is 0 Å². The standard InChI is InChI=1S/C24H22Si2/c1-5-25(3,21-13-9-7-10-14-21)23-17-19-24(20-18-23)26(4,6-2)22-15-11-8-12-16-22/h1-2,7-20H,3-4H3. The molecule has 0 aromatic heterocycles. The van der Waals surface area contributed by atoms with Crippen LogP contribution < -0.4 is 20.7 Å². The van der Waals surface area contributed by atoms with Crippen LogP contribution in [0.2, 0.25) is 13.1 Å². The summed E-state index contributed by atoms with van der Waals surface area (Å²) in [6, 6.07) is 29.6. The van der Waals surface area contributed by atoms with Crippen molar-refractivity contribution in [1.82, 2.24) is 0 Å². The Hall–Kier alpha value is -2.79. The first-order valence-electron chi connectivity index (χ1n) is 8.72. The Morgan fingerprint density at radius 1 is 0.500 bits per heavy atom. The van der Waals surface area contributed by atoms with Gasteiger partial charge in [-0.3, -0.25) is 0 Å². The van der Waals surface area contributed by atoms with Gasteiger partial charge in [0, 0.05) is 0 Å². The van der Waals surface area contributed by atoms with E-state index in [1.54, 1.807) is 0 Å². The van der Waals surface area contributed by atoms with Crippen LogP contribution in [0.15, 0.2) is 84.9 Å². The fourth-order valence-corrected chi connectivity index (χ4v) is 8.06. The minimum atomic E-state index is -2.16. The molecule has 3 aromatic carbocycles.